The van der Waals surface area contributed by atoms with Gasteiger partial charge in [0.1, 0.15) is 0 Å². The third-order valence-electron chi connectivity index (χ3n) is 3.98. The lowest BCUT2D eigenvalue weighted by Gasteiger charge is -2.39. The fourth-order valence-electron chi connectivity index (χ4n) is 3.02. The van der Waals surface area contributed by atoms with Crippen molar-refractivity contribution in [3.05, 3.63) is 54.4 Å². The number of nitrogens with one attached hydrogen (secondary N) is 1. The summed E-state index contributed by atoms with van der Waals surface area (Å²) in [5, 5.41) is 3.56. The van der Waals surface area contributed by atoms with E-state index < -0.39 is 0 Å². The molecule has 110 valence electrons. The highest BCUT2D eigenvalue weighted by Crippen LogP contribution is 2.21. The Labute approximate surface area is 127 Å². The highest BCUT2D eigenvalue weighted by molar-refractivity contribution is 5.62. The van der Waals surface area contributed by atoms with Crippen LogP contribution < -0.4 is 5.32 Å². The van der Waals surface area contributed by atoms with Crippen molar-refractivity contribution in [3.8, 4) is 11.1 Å². The van der Waals surface area contributed by atoms with E-state index in [1.54, 1.807) is 0 Å². The summed E-state index contributed by atoms with van der Waals surface area (Å²) in [6.45, 7) is 8.82. The largest absolute Gasteiger partial charge is 0.309 e. The van der Waals surface area contributed by atoms with Gasteiger partial charge in [0.15, 0.2) is 0 Å². The maximum Gasteiger partial charge on any atom is 0.0346 e. The van der Waals surface area contributed by atoms with Crippen LogP contribution in [0.2, 0.25) is 0 Å². The summed E-state index contributed by atoms with van der Waals surface area (Å²) in [5.74, 6) is 0. The highest BCUT2D eigenvalue weighted by atomic mass is 15.2. The van der Waals surface area contributed by atoms with Crippen LogP contribution in [0.3, 0.4) is 0 Å². The summed E-state index contributed by atoms with van der Waals surface area (Å²) in [5.41, 5.74) is 4.00. The first-order valence-electron chi connectivity index (χ1n) is 7.59. The number of aromatic nitrogens is 1. The molecule has 0 saturated carbocycles. The van der Waals surface area contributed by atoms with E-state index in [0.717, 1.165) is 26.2 Å². The molecular weight excluding hydrogens is 258 g/mol. The first-order valence-corrected chi connectivity index (χ1v) is 7.59. The molecule has 1 aromatic heterocycles. The van der Waals surface area contributed by atoms with Crippen molar-refractivity contribution in [2.45, 2.75) is 25.9 Å². The third-order valence-corrected chi connectivity index (χ3v) is 3.98. The van der Waals surface area contributed by atoms with E-state index in [0.29, 0.717) is 0 Å². The molecule has 1 N–H and O–H groups in total. The van der Waals surface area contributed by atoms with Gasteiger partial charge in [0.25, 0.3) is 0 Å². The molecule has 0 amide bonds. The molecule has 0 atom stereocenters. The van der Waals surface area contributed by atoms with Gasteiger partial charge in [-0.3, -0.25) is 9.88 Å². The van der Waals surface area contributed by atoms with E-state index >= 15 is 0 Å². The fourth-order valence-corrected chi connectivity index (χ4v) is 3.02. The maximum absolute atomic E-state index is 4.21. The first-order chi connectivity index (χ1) is 10.1. The van der Waals surface area contributed by atoms with Gasteiger partial charge in [0.05, 0.1) is 0 Å². The number of pyridine rings is 1. The second-order valence-corrected chi connectivity index (χ2v) is 6.46. The lowest BCUT2D eigenvalue weighted by atomic mass is 10.0. The van der Waals surface area contributed by atoms with Crippen molar-refractivity contribution in [3.63, 3.8) is 0 Å². The Kier molecular flexibility index (Phi) is 4.04. The number of piperazine rings is 1. The van der Waals surface area contributed by atoms with E-state index in [9.17, 15) is 0 Å². The zero-order chi connectivity index (χ0) is 14.7. The lowest BCUT2D eigenvalue weighted by Crippen LogP contribution is -2.56. The number of hydrogen-bond donors (Lipinski definition) is 1. The Morgan fingerprint density at radius 1 is 1.19 bits per heavy atom. The quantitative estimate of drug-likeness (QED) is 0.937. The molecular formula is C18H23N3. The molecule has 1 aliphatic heterocycles. The van der Waals surface area contributed by atoms with Crippen LogP contribution in [0, 0.1) is 0 Å². The minimum absolute atomic E-state index is 0.208. The van der Waals surface area contributed by atoms with Crippen LogP contribution in [0.15, 0.2) is 48.8 Å². The Morgan fingerprint density at radius 2 is 2.05 bits per heavy atom. The standard InChI is InChI=1S/C18H23N3/c1-18(2)14-21(10-9-20-18)13-15-5-3-6-16(11-15)17-7-4-8-19-12-17/h3-8,11-12,20H,9-10,13-14H2,1-2H3. The molecule has 1 aliphatic rings. The minimum Gasteiger partial charge on any atom is -0.309 e. The van der Waals surface area contributed by atoms with Gasteiger partial charge in [0.2, 0.25) is 0 Å². The number of hydrogen-bond acceptors (Lipinski definition) is 3. The van der Waals surface area contributed by atoms with Crippen molar-refractivity contribution in [2.75, 3.05) is 19.6 Å². The topological polar surface area (TPSA) is 28.2 Å². The van der Waals surface area contributed by atoms with E-state index in [4.69, 9.17) is 0 Å². The van der Waals surface area contributed by atoms with E-state index in [1.807, 2.05) is 18.5 Å². The molecule has 2 heterocycles. The van der Waals surface area contributed by atoms with Crippen molar-refractivity contribution in [1.29, 1.82) is 0 Å². The van der Waals surface area contributed by atoms with Crippen LogP contribution >= 0.6 is 0 Å². The van der Waals surface area contributed by atoms with Crippen LogP contribution in [-0.2, 0) is 6.54 Å². The van der Waals surface area contributed by atoms with E-state index in [-0.39, 0.29) is 5.54 Å². The first kappa shape index (κ1) is 14.2. The maximum atomic E-state index is 4.21. The second kappa shape index (κ2) is 5.96. The average Bonchev–Trinajstić information content (AvgIpc) is 2.47. The predicted octanol–water partition coefficient (Wildman–Crippen LogP) is 2.93. The molecule has 1 fully saturated rings. The zero-order valence-corrected chi connectivity index (χ0v) is 12.8. The number of benzene rings is 1. The summed E-state index contributed by atoms with van der Waals surface area (Å²) >= 11 is 0. The Bertz CT molecular complexity index is 592. The molecule has 2 aromatic rings. The summed E-state index contributed by atoms with van der Waals surface area (Å²) in [6, 6.07) is 12.9. The van der Waals surface area contributed by atoms with Crippen LogP contribution in [0.1, 0.15) is 19.4 Å². The van der Waals surface area contributed by atoms with Gasteiger partial charge < -0.3 is 5.32 Å². The smallest absolute Gasteiger partial charge is 0.0346 e. The minimum atomic E-state index is 0.208. The number of rotatable bonds is 3. The molecule has 1 aromatic carbocycles. The van der Waals surface area contributed by atoms with Crippen molar-refractivity contribution in [1.82, 2.24) is 15.2 Å². The monoisotopic (exact) mass is 281 g/mol. The van der Waals surface area contributed by atoms with Crippen molar-refractivity contribution >= 4 is 0 Å². The SMILES string of the molecule is CC1(C)CN(Cc2cccc(-c3cccnc3)c2)CCN1. The molecule has 3 heteroatoms. The summed E-state index contributed by atoms with van der Waals surface area (Å²) in [6.07, 6.45) is 3.74. The average molecular weight is 281 g/mol. The molecule has 21 heavy (non-hydrogen) atoms. The Hall–Kier alpha value is -1.71. The third kappa shape index (κ3) is 3.69. The summed E-state index contributed by atoms with van der Waals surface area (Å²) < 4.78 is 0. The van der Waals surface area contributed by atoms with Gasteiger partial charge >= 0.3 is 0 Å². The van der Waals surface area contributed by atoms with E-state index in [1.165, 1.54) is 16.7 Å². The van der Waals surface area contributed by atoms with Crippen molar-refractivity contribution in [2.24, 2.45) is 0 Å². The molecule has 0 aliphatic carbocycles. The molecule has 1 saturated heterocycles. The number of nitrogens with zero attached hydrogens (tertiary/aromatic N) is 2. The van der Waals surface area contributed by atoms with Crippen LogP contribution in [-0.4, -0.2) is 35.1 Å². The second-order valence-electron chi connectivity index (χ2n) is 6.46. The zero-order valence-electron chi connectivity index (χ0n) is 12.8. The molecule has 0 radical (unpaired) electrons. The van der Waals surface area contributed by atoms with Gasteiger partial charge in [-0.2, -0.15) is 0 Å². The molecule has 3 rings (SSSR count). The van der Waals surface area contributed by atoms with Crippen LogP contribution in [0.5, 0.6) is 0 Å². The molecule has 0 unspecified atom stereocenters. The Morgan fingerprint density at radius 3 is 2.81 bits per heavy atom. The molecule has 0 bridgehead atoms. The van der Waals surface area contributed by atoms with Gasteiger partial charge in [-0.1, -0.05) is 24.3 Å². The molecule has 3 nitrogen and oxygen atoms in total. The lowest BCUT2D eigenvalue weighted by molar-refractivity contribution is 0.148. The van der Waals surface area contributed by atoms with Gasteiger partial charge in [-0.15, -0.1) is 0 Å². The van der Waals surface area contributed by atoms with Crippen LogP contribution in [0.25, 0.3) is 11.1 Å². The molecule has 0 spiro atoms. The van der Waals surface area contributed by atoms with E-state index in [2.05, 4.69) is 59.4 Å². The normalized spacial score (nSPS) is 18.6. The highest BCUT2D eigenvalue weighted by Gasteiger charge is 2.25. The van der Waals surface area contributed by atoms with Crippen molar-refractivity contribution < 1.29 is 0 Å². The van der Waals surface area contributed by atoms with Gasteiger partial charge in [-0.25, -0.2) is 0 Å². The van der Waals surface area contributed by atoms with Crippen LogP contribution in [0.4, 0.5) is 0 Å². The van der Waals surface area contributed by atoms with Gasteiger partial charge in [-0.05, 0) is 42.7 Å². The predicted molar refractivity (Wildman–Crippen MR) is 87.0 cm³/mol. The van der Waals surface area contributed by atoms with Gasteiger partial charge in [0, 0.05) is 44.1 Å². The Balaban J connectivity index is 1.75. The summed E-state index contributed by atoms with van der Waals surface area (Å²) in [7, 11) is 0. The summed E-state index contributed by atoms with van der Waals surface area (Å²) in [4.78, 5) is 6.73. The fraction of sp³-hybridized carbons (Fsp3) is 0.389.